The average molecular weight is 387 g/mol. The van der Waals surface area contributed by atoms with Gasteiger partial charge < -0.3 is 20.8 Å². The molecule has 0 aliphatic carbocycles. The van der Waals surface area contributed by atoms with Crippen LogP contribution < -0.4 is 10.6 Å². The second-order valence-corrected chi connectivity index (χ2v) is 7.96. The van der Waals surface area contributed by atoms with Crippen molar-refractivity contribution < 1.29 is 19.8 Å². The van der Waals surface area contributed by atoms with Gasteiger partial charge in [-0.25, -0.2) is 0 Å². The van der Waals surface area contributed by atoms with Gasteiger partial charge in [0.25, 0.3) is 0 Å². The zero-order valence-corrected chi connectivity index (χ0v) is 18.2. The van der Waals surface area contributed by atoms with Crippen LogP contribution in [0.15, 0.2) is 0 Å². The van der Waals surface area contributed by atoms with Crippen molar-refractivity contribution in [1.29, 1.82) is 0 Å². The Kier molecular flexibility index (Phi) is 11.8. The summed E-state index contributed by atoms with van der Waals surface area (Å²) in [6, 6.07) is -0.848. The second kappa shape index (κ2) is 12.3. The van der Waals surface area contributed by atoms with Gasteiger partial charge in [-0.05, 0) is 39.5 Å². The highest BCUT2D eigenvalue weighted by Gasteiger charge is 2.35. The lowest BCUT2D eigenvalue weighted by molar-refractivity contribution is -0.132. The van der Waals surface area contributed by atoms with E-state index in [2.05, 4.69) is 10.6 Å². The van der Waals surface area contributed by atoms with Crippen molar-refractivity contribution in [3.8, 4) is 0 Å². The summed E-state index contributed by atoms with van der Waals surface area (Å²) in [5.41, 5.74) is -1.91. The first-order chi connectivity index (χ1) is 12.6. The quantitative estimate of drug-likeness (QED) is 0.345. The Balaban J connectivity index is 4.74. The Bertz CT molecular complexity index is 401. The zero-order valence-electron chi connectivity index (χ0n) is 18.2. The van der Waals surface area contributed by atoms with Crippen molar-refractivity contribution in [3.63, 3.8) is 0 Å². The van der Waals surface area contributed by atoms with E-state index in [1.54, 1.807) is 13.8 Å². The molecule has 0 aromatic carbocycles. The lowest BCUT2D eigenvalue weighted by atomic mass is 9.85. The predicted octanol–water partition coefficient (Wildman–Crippen LogP) is 3.05. The van der Waals surface area contributed by atoms with Crippen LogP contribution in [0.1, 0.15) is 99.3 Å². The van der Waals surface area contributed by atoms with Crippen molar-refractivity contribution in [1.82, 2.24) is 10.6 Å². The molecule has 0 aromatic heterocycles. The van der Waals surface area contributed by atoms with E-state index in [4.69, 9.17) is 0 Å². The molecule has 0 aliphatic rings. The van der Waals surface area contributed by atoms with Crippen molar-refractivity contribution >= 4 is 11.8 Å². The summed E-state index contributed by atoms with van der Waals surface area (Å²) in [5, 5.41) is 27.1. The van der Waals surface area contributed by atoms with E-state index in [0.717, 1.165) is 25.7 Å². The van der Waals surface area contributed by atoms with E-state index in [9.17, 15) is 19.8 Å². The molecule has 0 saturated carbocycles. The van der Waals surface area contributed by atoms with Gasteiger partial charge in [0, 0.05) is 0 Å². The summed E-state index contributed by atoms with van der Waals surface area (Å²) in [4.78, 5) is 24.5. The van der Waals surface area contributed by atoms with Crippen LogP contribution >= 0.6 is 0 Å². The maximum Gasteiger partial charge on any atom is 0.229 e. The number of amides is 2. The van der Waals surface area contributed by atoms with Gasteiger partial charge >= 0.3 is 0 Å². The Hall–Kier alpha value is -1.14. The van der Waals surface area contributed by atoms with Crippen LogP contribution in [0, 0.1) is 0 Å². The number of rotatable bonds is 14. The van der Waals surface area contributed by atoms with Crippen molar-refractivity contribution in [2.24, 2.45) is 0 Å². The van der Waals surface area contributed by atoms with Gasteiger partial charge in [-0.2, -0.15) is 0 Å². The second-order valence-electron chi connectivity index (χ2n) is 7.96. The fourth-order valence-corrected chi connectivity index (χ4v) is 3.85. The molecular formula is C21H42N2O4. The summed E-state index contributed by atoms with van der Waals surface area (Å²) >= 11 is 0. The molecule has 0 saturated heterocycles. The van der Waals surface area contributed by atoms with Crippen molar-refractivity contribution in [3.05, 3.63) is 0 Å². The van der Waals surface area contributed by atoms with Gasteiger partial charge in [0.1, 0.15) is 6.42 Å². The summed E-state index contributed by atoms with van der Waals surface area (Å²) in [5.74, 6) is -0.820. The van der Waals surface area contributed by atoms with Gasteiger partial charge in [0.15, 0.2) is 0 Å². The molecule has 0 aliphatic heterocycles. The van der Waals surface area contributed by atoms with Crippen LogP contribution in [0.4, 0.5) is 0 Å². The minimum Gasteiger partial charge on any atom is -0.388 e. The monoisotopic (exact) mass is 386 g/mol. The van der Waals surface area contributed by atoms with Crippen LogP contribution in [-0.4, -0.2) is 45.3 Å². The molecule has 6 heteroatoms. The third-order valence-electron chi connectivity index (χ3n) is 5.42. The minimum atomic E-state index is -0.953. The van der Waals surface area contributed by atoms with E-state index in [-0.39, 0.29) is 6.42 Å². The number of carbonyl (C=O) groups excluding carboxylic acids is 2. The first-order valence-corrected chi connectivity index (χ1v) is 10.6. The molecule has 0 rings (SSSR count). The lowest BCUT2D eigenvalue weighted by Crippen LogP contribution is -2.53. The molecule has 0 bridgehead atoms. The number of aliphatic hydroxyl groups is 2. The highest BCUT2D eigenvalue weighted by molar-refractivity contribution is 5.97. The molecule has 2 atom stereocenters. The molecule has 6 nitrogen and oxygen atoms in total. The van der Waals surface area contributed by atoms with E-state index >= 15 is 0 Å². The summed E-state index contributed by atoms with van der Waals surface area (Å²) < 4.78 is 0. The van der Waals surface area contributed by atoms with E-state index in [1.165, 1.54) is 0 Å². The third-order valence-corrected chi connectivity index (χ3v) is 5.42. The minimum absolute atomic E-state index is 0.308. The van der Waals surface area contributed by atoms with E-state index < -0.39 is 35.1 Å². The molecular weight excluding hydrogens is 344 g/mol. The molecule has 0 fully saturated rings. The topological polar surface area (TPSA) is 98.7 Å². The molecule has 0 aromatic rings. The fourth-order valence-electron chi connectivity index (χ4n) is 3.85. The molecule has 2 amide bonds. The van der Waals surface area contributed by atoms with E-state index in [0.29, 0.717) is 25.7 Å². The van der Waals surface area contributed by atoms with E-state index in [1.807, 2.05) is 27.7 Å². The molecule has 0 spiro atoms. The SMILES string of the molecule is CCCC(O)(CCC)[C@@H](C)NC(=O)CC(=O)N[C@H](C)C(O)(CCC)CCC. The Morgan fingerprint density at radius 1 is 0.704 bits per heavy atom. The smallest absolute Gasteiger partial charge is 0.229 e. The first kappa shape index (κ1) is 25.9. The number of nitrogens with one attached hydrogen (secondary N) is 2. The molecule has 0 heterocycles. The summed E-state index contributed by atoms with van der Waals surface area (Å²) in [7, 11) is 0. The van der Waals surface area contributed by atoms with Crippen LogP contribution in [0.25, 0.3) is 0 Å². The van der Waals surface area contributed by atoms with Gasteiger partial charge in [-0.1, -0.05) is 53.4 Å². The molecule has 0 radical (unpaired) electrons. The molecule has 0 unspecified atom stereocenters. The Morgan fingerprint density at radius 2 is 0.963 bits per heavy atom. The molecule has 4 N–H and O–H groups in total. The Labute approximate surface area is 165 Å². The van der Waals surface area contributed by atoms with Crippen molar-refractivity contribution in [2.75, 3.05) is 0 Å². The summed E-state index contributed by atoms with van der Waals surface area (Å²) in [6.07, 6.45) is 5.39. The van der Waals surface area contributed by atoms with Crippen LogP contribution in [0.2, 0.25) is 0 Å². The Morgan fingerprint density at radius 3 is 1.19 bits per heavy atom. The van der Waals surface area contributed by atoms with Crippen molar-refractivity contribution in [2.45, 2.75) is 123 Å². The maximum absolute atomic E-state index is 12.3. The molecule has 27 heavy (non-hydrogen) atoms. The normalized spacial score (nSPS) is 14.5. The standard InChI is InChI=1S/C21H42N2O4/c1-7-11-20(26,12-8-2)16(5)22-18(24)15-19(25)23-17(6)21(27,13-9-3)14-10-4/h16-17,26-27H,7-15H2,1-6H3,(H,22,24)(H,23,25)/t16-,17-/m1/s1. The lowest BCUT2D eigenvalue weighted by Gasteiger charge is -2.35. The third kappa shape index (κ3) is 8.60. The predicted molar refractivity (Wildman–Crippen MR) is 109 cm³/mol. The highest BCUT2D eigenvalue weighted by atomic mass is 16.3. The van der Waals surface area contributed by atoms with Crippen LogP contribution in [0.5, 0.6) is 0 Å². The maximum atomic E-state index is 12.3. The first-order valence-electron chi connectivity index (χ1n) is 10.6. The largest absolute Gasteiger partial charge is 0.388 e. The van der Waals surface area contributed by atoms with Crippen LogP contribution in [0.3, 0.4) is 0 Å². The fraction of sp³-hybridized carbons (Fsp3) is 0.905. The van der Waals surface area contributed by atoms with Crippen LogP contribution in [-0.2, 0) is 9.59 Å². The van der Waals surface area contributed by atoms with Gasteiger partial charge in [0.05, 0.1) is 23.3 Å². The number of carbonyl (C=O) groups is 2. The molecule has 160 valence electrons. The van der Waals surface area contributed by atoms with Gasteiger partial charge in [-0.15, -0.1) is 0 Å². The number of hydrogen-bond donors (Lipinski definition) is 4. The van der Waals surface area contributed by atoms with Gasteiger partial charge in [0.2, 0.25) is 11.8 Å². The average Bonchev–Trinajstić information content (AvgIpc) is 2.55. The highest BCUT2D eigenvalue weighted by Crippen LogP contribution is 2.25. The number of hydrogen-bond acceptors (Lipinski definition) is 4. The summed E-state index contributed by atoms with van der Waals surface area (Å²) in [6.45, 7) is 11.6. The van der Waals surface area contributed by atoms with Gasteiger partial charge in [-0.3, -0.25) is 9.59 Å². The zero-order chi connectivity index (χ0) is 21.1.